The molecule has 2 N–H and O–H groups in total. The Morgan fingerprint density at radius 1 is 1.11 bits per heavy atom. The first-order valence-electron chi connectivity index (χ1n) is 9.19. The third kappa shape index (κ3) is 4.46. The van der Waals surface area contributed by atoms with Gasteiger partial charge in [-0.05, 0) is 31.0 Å². The Hall–Kier alpha value is -2.86. The monoisotopic (exact) mass is 367 g/mol. The average Bonchev–Trinajstić information content (AvgIpc) is 2.69. The van der Waals surface area contributed by atoms with E-state index in [-0.39, 0.29) is 18.4 Å². The molecule has 0 saturated heterocycles. The molecule has 0 spiro atoms. The predicted molar refractivity (Wildman–Crippen MR) is 105 cm³/mol. The minimum absolute atomic E-state index is 0.0155. The molecule has 1 unspecified atom stereocenters. The number of benzene rings is 2. The maximum Gasteiger partial charge on any atom is 0.268 e. The van der Waals surface area contributed by atoms with E-state index in [0.717, 1.165) is 12.0 Å². The van der Waals surface area contributed by atoms with Crippen molar-refractivity contribution in [1.82, 2.24) is 4.90 Å². The highest BCUT2D eigenvalue weighted by Crippen LogP contribution is 2.33. The Kier molecular flexibility index (Phi) is 6.08. The van der Waals surface area contributed by atoms with Crippen molar-refractivity contribution in [1.29, 1.82) is 0 Å². The molecule has 27 heavy (non-hydrogen) atoms. The lowest BCUT2D eigenvalue weighted by atomic mass is 10.1. The summed E-state index contributed by atoms with van der Waals surface area (Å²) >= 11 is 0. The number of nitrogens with zero attached hydrogens (tertiary/aromatic N) is 2. The Morgan fingerprint density at radius 3 is 2.56 bits per heavy atom. The molecule has 0 radical (unpaired) electrons. The lowest BCUT2D eigenvalue weighted by Gasteiger charge is -2.34. The van der Waals surface area contributed by atoms with Crippen molar-refractivity contribution in [2.24, 2.45) is 5.73 Å². The summed E-state index contributed by atoms with van der Waals surface area (Å²) in [5.74, 6) is 0.290. The molecule has 0 fully saturated rings. The highest BCUT2D eigenvalue weighted by atomic mass is 16.5. The van der Waals surface area contributed by atoms with E-state index < -0.39 is 6.10 Å². The summed E-state index contributed by atoms with van der Waals surface area (Å²) in [4.78, 5) is 28.7. The van der Waals surface area contributed by atoms with Crippen molar-refractivity contribution in [2.45, 2.75) is 19.4 Å². The van der Waals surface area contributed by atoms with Crippen molar-refractivity contribution in [3.05, 3.63) is 60.2 Å². The number of carbonyl (C=O) groups is 2. The maximum atomic E-state index is 12.9. The fourth-order valence-electron chi connectivity index (χ4n) is 3.18. The number of fused-ring (bicyclic) bond motifs is 1. The van der Waals surface area contributed by atoms with Crippen molar-refractivity contribution < 1.29 is 14.3 Å². The fraction of sp³-hybridized carbons (Fsp3) is 0.333. The first kappa shape index (κ1) is 18.9. The number of nitrogens with two attached hydrogens (primary N) is 1. The molecule has 6 nitrogen and oxygen atoms in total. The molecule has 3 rings (SSSR count). The predicted octanol–water partition coefficient (Wildman–Crippen LogP) is 1.83. The molecule has 0 aliphatic carbocycles. The van der Waals surface area contributed by atoms with Crippen LogP contribution in [0.25, 0.3) is 0 Å². The number of para-hydroxylation sites is 2. The average molecular weight is 367 g/mol. The smallest absolute Gasteiger partial charge is 0.268 e. The number of carbonyl (C=O) groups excluding carboxylic acids is 2. The van der Waals surface area contributed by atoms with Gasteiger partial charge in [0.15, 0.2) is 6.10 Å². The summed E-state index contributed by atoms with van der Waals surface area (Å²) in [6.07, 6.45) is 0.136. The van der Waals surface area contributed by atoms with Gasteiger partial charge in [0.1, 0.15) is 12.3 Å². The molecular formula is C21H25N3O3. The van der Waals surface area contributed by atoms with E-state index in [1.54, 1.807) is 17.9 Å². The van der Waals surface area contributed by atoms with Gasteiger partial charge in [-0.3, -0.25) is 14.5 Å². The van der Waals surface area contributed by atoms with Gasteiger partial charge >= 0.3 is 0 Å². The second-order valence-electron chi connectivity index (χ2n) is 6.56. The zero-order valence-electron chi connectivity index (χ0n) is 15.5. The standard InChI is InChI=1S/C21H25N3O3/c1-16-21(26)24(18-9-5-6-10-19(18)27-16)15-20(25)23(14-12-22)13-11-17-7-3-2-4-8-17/h2-10,16H,11-15,22H2,1H3. The molecule has 0 aromatic heterocycles. The second kappa shape index (κ2) is 8.68. The van der Waals surface area contributed by atoms with E-state index in [9.17, 15) is 9.59 Å². The van der Waals surface area contributed by atoms with Crippen molar-refractivity contribution in [3.63, 3.8) is 0 Å². The van der Waals surface area contributed by atoms with Crippen LogP contribution in [0.1, 0.15) is 12.5 Å². The number of hydrogen-bond donors (Lipinski definition) is 1. The lowest BCUT2D eigenvalue weighted by molar-refractivity contribution is -0.133. The van der Waals surface area contributed by atoms with Gasteiger partial charge in [0.05, 0.1) is 5.69 Å². The Labute approximate surface area is 159 Å². The molecule has 1 aliphatic heterocycles. The normalized spacial score (nSPS) is 15.9. The SMILES string of the molecule is CC1Oc2ccccc2N(CC(=O)N(CCN)CCc2ccccc2)C1=O. The number of anilines is 1. The van der Waals surface area contributed by atoms with Gasteiger partial charge < -0.3 is 15.4 Å². The van der Waals surface area contributed by atoms with Crippen LogP contribution >= 0.6 is 0 Å². The maximum absolute atomic E-state index is 12.9. The van der Waals surface area contributed by atoms with Crippen LogP contribution in [-0.2, 0) is 16.0 Å². The molecule has 6 heteroatoms. The Bertz CT molecular complexity index is 794. The Balaban J connectivity index is 1.72. The Morgan fingerprint density at radius 2 is 1.81 bits per heavy atom. The quantitative estimate of drug-likeness (QED) is 0.810. The third-order valence-corrected chi connectivity index (χ3v) is 4.63. The molecule has 1 aliphatic rings. The van der Waals surface area contributed by atoms with E-state index in [1.165, 1.54) is 4.90 Å². The summed E-state index contributed by atoms with van der Waals surface area (Å²) in [6, 6.07) is 17.3. The zero-order valence-corrected chi connectivity index (χ0v) is 15.5. The molecule has 2 amide bonds. The number of amides is 2. The minimum Gasteiger partial charge on any atom is -0.479 e. The topological polar surface area (TPSA) is 75.9 Å². The van der Waals surface area contributed by atoms with Gasteiger partial charge in [0.2, 0.25) is 5.91 Å². The van der Waals surface area contributed by atoms with Crippen LogP contribution < -0.4 is 15.4 Å². The van der Waals surface area contributed by atoms with Crippen molar-refractivity contribution >= 4 is 17.5 Å². The zero-order chi connectivity index (χ0) is 19.2. The van der Waals surface area contributed by atoms with Gasteiger partial charge in [-0.15, -0.1) is 0 Å². The molecule has 1 atom stereocenters. The van der Waals surface area contributed by atoms with Crippen LogP contribution in [0.15, 0.2) is 54.6 Å². The fourth-order valence-corrected chi connectivity index (χ4v) is 3.18. The molecule has 2 aromatic carbocycles. The summed E-state index contributed by atoms with van der Waals surface area (Å²) in [5.41, 5.74) is 7.49. The van der Waals surface area contributed by atoms with Crippen LogP contribution in [0.5, 0.6) is 5.75 Å². The highest BCUT2D eigenvalue weighted by molar-refractivity contribution is 6.03. The number of rotatable bonds is 7. The van der Waals surface area contributed by atoms with Crippen LogP contribution in [-0.4, -0.2) is 49.0 Å². The van der Waals surface area contributed by atoms with Gasteiger partial charge in [-0.25, -0.2) is 0 Å². The molecule has 0 saturated carbocycles. The summed E-state index contributed by atoms with van der Waals surface area (Å²) in [7, 11) is 0. The van der Waals surface area contributed by atoms with Gasteiger partial charge in [-0.2, -0.15) is 0 Å². The number of hydrogen-bond acceptors (Lipinski definition) is 4. The number of ether oxygens (including phenoxy) is 1. The second-order valence-corrected chi connectivity index (χ2v) is 6.56. The van der Waals surface area contributed by atoms with E-state index in [2.05, 4.69) is 0 Å². The molecule has 0 bridgehead atoms. The van der Waals surface area contributed by atoms with E-state index in [4.69, 9.17) is 10.5 Å². The first-order chi connectivity index (χ1) is 13.1. The first-order valence-corrected chi connectivity index (χ1v) is 9.19. The van der Waals surface area contributed by atoms with Crippen LogP contribution in [0, 0.1) is 0 Å². The molecular weight excluding hydrogens is 342 g/mol. The van der Waals surface area contributed by atoms with Gasteiger partial charge in [0, 0.05) is 19.6 Å². The van der Waals surface area contributed by atoms with Gasteiger partial charge in [0.25, 0.3) is 5.91 Å². The van der Waals surface area contributed by atoms with E-state index in [1.807, 2.05) is 48.5 Å². The van der Waals surface area contributed by atoms with Crippen LogP contribution in [0.3, 0.4) is 0 Å². The van der Waals surface area contributed by atoms with E-state index >= 15 is 0 Å². The van der Waals surface area contributed by atoms with Crippen LogP contribution in [0.4, 0.5) is 5.69 Å². The van der Waals surface area contributed by atoms with E-state index in [0.29, 0.717) is 31.1 Å². The summed E-state index contributed by atoms with van der Waals surface area (Å²) in [5, 5.41) is 0. The largest absolute Gasteiger partial charge is 0.479 e. The summed E-state index contributed by atoms with van der Waals surface area (Å²) < 4.78 is 5.63. The van der Waals surface area contributed by atoms with Crippen molar-refractivity contribution in [2.75, 3.05) is 31.1 Å². The highest BCUT2D eigenvalue weighted by Gasteiger charge is 2.33. The molecule has 2 aromatic rings. The third-order valence-electron chi connectivity index (χ3n) is 4.63. The summed E-state index contributed by atoms with van der Waals surface area (Å²) in [6.45, 7) is 3.09. The van der Waals surface area contributed by atoms with Crippen molar-refractivity contribution in [3.8, 4) is 5.75 Å². The molecule has 142 valence electrons. The van der Waals surface area contributed by atoms with Crippen LogP contribution in [0.2, 0.25) is 0 Å². The lowest BCUT2D eigenvalue weighted by Crippen LogP contribution is -2.50. The van der Waals surface area contributed by atoms with Gasteiger partial charge in [-0.1, -0.05) is 42.5 Å². The molecule has 1 heterocycles. The minimum atomic E-state index is -0.611.